The highest BCUT2D eigenvalue weighted by Crippen LogP contribution is 2.34. The van der Waals surface area contributed by atoms with Gasteiger partial charge in [0.1, 0.15) is 4.90 Å². The van der Waals surface area contributed by atoms with Gasteiger partial charge in [0.2, 0.25) is 11.9 Å². The summed E-state index contributed by atoms with van der Waals surface area (Å²) in [5.41, 5.74) is 3.56. The fraction of sp³-hybridized carbons (Fsp3) is 0.321. The first kappa shape index (κ1) is 27.7. The van der Waals surface area contributed by atoms with E-state index in [-0.39, 0.29) is 23.6 Å². The summed E-state index contributed by atoms with van der Waals surface area (Å²) in [5.74, 6) is -0.852. The van der Waals surface area contributed by atoms with Crippen LogP contribution in [0.1, 0.15) is 12.5 Å². The van der Waals surface area contributed by atoms with Gasteiger partial charge in [-0.1, -0.05) is 18.2 Å². The molecule has 0 bridgehead atoms. The quantitative estimate of drug-likeness (QED) is 0.309. The number of hydrogen-bond acceptors (Lipinski definition) is 8. The third-order valence-corrected chi connectivity index (χ3v) is 8.39. The number of aromatic nitrogens is 3. The van der Waals surface area contributed by atoms with Gasteiger partial charge in [-0.05, 0) is 44.7 Å². The Kier molecular flexibility index (Phi) is 7.58. The van der Waals surface area contributed by atoms with E-state index in [2.05, 4.69) is 42.4 Å². The smallest absolute Gasteiger partial charge is 0.241 e. The lowest BCUT2D eigenvalue weighted by Crippen LogP contribution is -2.51. The molecule has 1 aliphatic rings. The maximum absolute atomic E-state index is 14.9. The largest absolute Gasteiger partial charge is 0.359 e. The number of likely N-dealkylation sites (N-methyl/N-ethyl adjacent to an activating group) is 1. The molecular weight excluding hydrogens is 533 g/mol. The van der Waals surface area contributed by atoms with Crippen molar-refractivity contribution in [2.45, 2.75) is 24.8 Å². The minimum atomic E-state index is -3.74. The van der Waals surface area contributed by atoms with Gasteiger partial charge < -0.3 is 20.5 Å². The average Bonchev–Trinajstić information content (AvgIpc) is 3.35. The molecule has 1 amide bonds. The number of piperazine rings is 1. The van der Waals surface area contributed by atoms with E-state index in [4.69, 9.17) is 0 Å². The molecule has 210 valence electrons. The second-order valence-electron chi connectivity index (χ2n) is 10.2. The van der Waals surface area contributed by atoms with E-state index < -0.39 is 20.5 Å². The SMILES string of the molecule is Cc1cnc(Nc2cccc(S(C)(=O)=O)c2F)nc1-c1c[nH]c2c(NC(=O)[C@@H](C)N3CCN(C)CC3)cccc12. The zero-order chi connectivity index (χ0) is 28.6. The van der Waals surface area contributed by atoms with Crippen molar-refractivity contribution in [3.63, 3.8) is 0 Å². The van der Waals surface area contributed by atoms with Gasteiger partial charge in [-0.2, -0.15) is 0 Å². The highest BCUT2D eigenvalue weighted by molar-refractivity contribution is 7.90. The summed E-state index contributed by atoms with van der Waals surface area (Å²) in [4.78, 5) is 29.3. The molecule has 3 N–H and O–H groups in total. The van der Waals surface area contributed by atoms with Crippen LogP contribution in [0.15, 0.2) is 53.7 Å². The van der Waals surface area contributed by atoms with Crippen molar-refractivity contribution in [3.05, 3.63) is 60.2 Å². The van der Waals surface area contributed by atoms with E-state index in [0.29, 0.717) is 11.4 Å². The summed E-state index contributed by atoms with van der Waals surface area (Å²) in [6.07, 6.45) is 4.38. The van der Waals surface area contributed by atoms with Crippen LogP contribution in [0.3, 0.4) is 0 Å². The molecule has 5 rings (SSSR count). The topological polar surface area (TPSA) is 123 Å². The zero-order valence-corrected chi connectivity index (χ0v) is 23.6. The number of nitrogens with one attached hydrogen (secondary N) is 3. The number of nitrogens with zero attached hydrogens (tertiary/aromatic N) is 4. The average molecular weight is 566 g/mol. The van der Waals surface area contributed by atoms with Gasteiger partial charge in [0, 0.05) is 55.8 Å². The van der Waals surface area contributed by atoms with Crippen molar-refractivity contribution in [2.75, 3.05) is 50.1 Å². The van der Waals surface area contributed by atoms with Crippen LogP contribution in [0.2, 0.25) is 0 Å². The van der Waals surface area contributed by atoms with Crippen LogP contribution in [0.5, 0.6) is 0 Å². The van der Waals surface area contributed by atoms with Crippen LogP contribution in [0, 0.1) is 12.7 Å². The molecule has 0 saturated carbocycles. The number of carbonyl (C=O) groups is 1. The molecule has 40 heavy (non-hydrogen) atoms. The van der Waals surface area contributed by atoms with Crippen molar-refractivity contribution in [1.29, 1.82) is 0 Å². The van der Waals surface area contributed by atoms with Crippen LogP contribution in [-0.4, -0.2) is 84.6 Å². The van der Waals surface area contributed by atoms with Gasteiger partial charge in [-0.3, -0.25) is 9.69 Å². The molecule has 4 aromatic rings. The third kappa shape index (κ3) is 5.55. The first-order valence-electron chi connectivity index (χ1n) is 13.0. The number of hydrogen-bond donors (Lipinski definition) is 3. The number of aryl methyl sites for hydroxylation is 1. The predicted octanol–water partition coefficient (Wildman–Crippen LogP) is 3.79. The molecular formula is C28H32FN7O3S. The van der Waals surface area contributed by atoms with Gasteiger partial charge in [-0.15, -0.1) is 0 Å². The highest BCUT2D eigenvalue weighted by atomic mass is 32.2. The van der Waals surface area contributed by atoms with E-state index in [9.17, 15) is 17.6 Å². The monoisotopic (exact) mass is 565 g/mol. The normalized spacial score (nSPS) is 15.7. The summed E-state index contributed by atoms with van der Waals surface area (Å²) >= 11 is 0. The molecule has 2 aromatic heterocycles. The van der Waals surface area contributed by atoms with Crippen LogP contribution >= 0.6 is 0 Å². The number of H-pyrrole nitrogens is 1. The van der Waals surface area contributed by atoms with Crippen LogP contribution in [0.4, 0.5) is 21.7 Å². The number of anilines is 3. The van der Waals surface area contributed by atoms with Crippen molar-refractivity contribution in [2.24, 2.45) is 0 Å². The lowest BCUT2D eigenvalue weighted by atomic mass is 10.1. The second kappa shape index (κ2) is 11.0. The number of fused-ring (bicyclic) bond motifs is 1. The third-order valence-electron chi connectivity index (χ3n) is 7.27. The number of halogens is 1. The van der Waals surface area contributed by atoms with Gasteiger partial charge in [0.15, 0.2) is 15.7 Å². The number of carbonyl (C=O) groups excluding carboxylic acids is 1. The number of aromatic amines is 1. The maximum atomic E-state index is 14.9. The number of amides is 1. The van der Waals surface area contributed by atoms with Crippen molar-refractivity contribution < 1.29 is 17.6 Å². The summed E-state index contributed by atoms with van der Waals surface area (Å²) in [6, 6.07) is 9.49. The van der Waals surface area contributed by atoms with Crippen LogP contribution in [0.25, 0.3) is 22.2 Å². The molecule has 0 unspecified atom stereocenters. The Labute approximate surface area is 232 Å². The number of rotatable bonds is 7. The standard InChI is InChI=1S/C28H32FN7O3S/c1-17-15-31-28(33-21-8-6-10-23(24(21)29)40(4,38)39)34-25(17)20-16-30-26-19(20)7-5-9-22(26)32-27(37)18(2)36-13-11-35(3)12-14-36/h5-10,15-16,18,30H,11-14H2,1-4H3,(H,32,37)(H,31,33,34)/t18-/m1/s1. The lowest BCUT2D eigenvalue weighted by Gasteiger charge is -2.35. The molecule has 1 fully saturated rings. The maximum Gasteiger partial charge on any atom is 0.241 e. The van der Waals surface area contributed by atoms with Crippen molar-refractivity contribution in [1.82, 2.24) is 24.8 Å². The first-order valence-corrected chi connectivity index (χ1v) is 14.8. The summed E-state index contributed by atoms with van der Waals surface area (Å²) in [6.45, 7) is 7.33. The zero-order valence-electron chi connectivity index (χ0n) is 22.8. The lowest BCUT2D eigenvalue weighted by molar-refractivity contribution is -0.121. The first-order chi connectivity index (χ1) is 19.0. The molecule has 0 spiro atoms. The van der Waals surface area contributed by atoms with E-state index >= 15 is 0 Å². The van der Waals surface area contributed by atoms with E-state index in [1.165, 1.54) is 18.2 Å². The van der Waals surface area contributed by atoms with Gasteiger partial charge >= 0.3 is 0 Å². The fourth-order valence-corrected chi connectivity index (χ4v) is 5.62. The van der Waals surface area contributed by atoms with E-state index in [1.807, 2.05) is 38.2 Å². The van der Waals surface area contributed by atoms with Gasteiger partial charge in [0.25, 0.3) is 0 Å². The molecule has 3 heterocycles. The fourth-order valence-electron chi connectivity index (χ4n) is 4.86. The molecule has 1 aliphatic heterocycles. The molecule has 1 atom stereocenters. The minimum Gasteiger partial charge on any atom is -0.359 e. The van der Waals surface area contributed by atoms with Gasteiger partial charge in [-0.25, -0.2) is 22.8 Å². The number of benzene rings is 2. The highest BCUT2D eigenvalue weighted by Gasteiger charge is 2.25. The number of para-hydroxylation sites is 1. The summed E-state index contributed by atoms with van der Waals surface area (Å²) < 4.78 is 38.8. The predicted molar refractivity (Wildman–Crippen MR) is 154 cm³/mol. The Hall–Kier alpha value is -3.87. The molecule has 1 saturated heterocycles. The summed E-state index contributed by atoms with van der Waals surface area (Å²) in [7, 11) is -1.66. The van der Waals surface area contributed by atoms with Crippen molar-refractivity contribution >= 4 is 44.0 Å². The summed E-state index contributed by atoms with van der Waals surface area (Å²) in [5, 5.41) is 6.74. The van der Waals surface area contributed by atoms with Crippen LogP contribution < -0.4 is 10.6 Å². The Morgan fingerprint density at radius 1 is 1.10 bits per heavy atom. The Morgan fingerprint density at radius 2 is 1.80 bits per heavy atom. The minimum absolute atomic E-state index is 0.0453. The molecule has 2 aromatic carbocycles. The Morgan fingerprint density at radius 3 is 2.52 bits per heavy atom. The molecule has 10 nitrogen and oxygen atoms in total. The number of sulfone groups is 1. The molecule has 0 radical (unpaired) electrons. The second-order valence-corrected chi connectivity index (χ2v) is 12.2. The Bertz CT molecular complexity index is 1680. The van der Waals surface area contributed by atoms with Crippen LogP contribution in [-0.2, 0) is 14.6 Å². The van der Waals surface area contributed by atoms with E-state index in [0.717, 1.165) is 54.5 Å². The Balaban J connectivity index is 1.42. The molecule has 0 aliphatic carbocycles. The van der Waals surface area contributed by atoms with Crippen molar-refractivity contribution in [3.8, 4) is 11.3 Å². The molecule has 12 heteroatoms. The van der Waals surface area contributed by atoms with Gasteiger partial charge in [0.05, 0.1) is 28.6 Å². The van der Waals surface area contributed by atoms with E-state index in [1.54, 1.807) is 6.20 Å².